The van der Waals surface area contributed by atoms with Crippen LogP contribution in [0.15, 0.2) is 11.2 Å². The number of ether oxygens (including phenoxy) is 1. The topological polar surface area (TPSA) is 51.5 Å². The number of aromatic nitrogens is 2. The Morgan fingerprint density at radius 1 is 1.79 bits per heavy atom. The summed E-state index contributed by atoms with van der Waals surface area (Å²) in [5.74, 6) is 0. The van der Waals surface area contributed by atoms with Crippen molar-refractivity contribution in [1.82, 2.24) is 4.98 Å². The standard InChI is InChI=1S/C10H13N3O/c1-8-5-11-10(12-6-8)13-7-9-3-2-4-14-9/h5,9H,2-4,7H2,1H3/p+1. The van der Waals surface area contributed by atoms with Gasteiger partial charge in [0, 0.05) is 6.61 Å². The van der Waals surface area contributed by atoms with Crippen molar-refractivity contribution in [1.29, 1.82) is 0 Å². The Bertz CT molecular complexity index is 332. The Morgan fingerprint density at radius 3 is 3.36 bits per heavy atom. The molecule has 1 N–H and O–H groups in total. The molecule has 2 heterocycles. The highest BCUT2D eigenvalue weighted by Crippen LogP contribution is 2.11. The number of hydrogen-bond donors (Lipinski definition) is 1. The number of aromatic amines is 1. The van der Waals surface area contributed by atoms with E-state index in [0.717, 1.165) is 25.0 Å². The molecule has 2 rings (SSSR count). The average Bonchev–Trinajstić information content (AvgIpc) is 2.70. The molecule has 0 amide bonds. The lowest BCUT2D eigenvalue weighted by Crippen LogP contribution is -2.27. The zero-order valence-corrected chi connectivity index (χ0v) is 8.29. The molecular formula is C10H14N3O+. The largest absolute Gasteiger partial charge is 0.488 e. The van der Waals surface area contributed by atoms with E-state index in [0.29, 0.717) is 12.2 Å². The molecule has 0 saturated carbocycles. The molecule has 14 heavy (non-hydrogen) atoms. The van der Waals surface area contributed by atoms with E-state index in [1.165, 1.54) is 0 Å². The van der Waals surface area contributed by atoms with E-state index < -0.39 is 0 Å². The molecule has 0 aromatic carbocycles. The molecule has 1 aromatic rings. The minimum absolute atomic E-state index is 0.284. The second-order valence-corrected chi connectivity index (χ2v) is 3.49. The second kappa shape index (κ2) is 4.25. The van der Waals surface area contributed by atoms with Crippen LogP contribution in [0.3, 0.4) is 0 Å². The van der Waals surface area contributed by atoms with Gasteiger partial charge in [-0.05, 0) is 19.8 Å². The van der Waals surface area contributed by atoms with Crippen molar-refractivity contribution in [2.24, 2.45) is 4.99 Å². The number of hydrogen-bond acceptors (Lipinski definition) is 2. The van der Waals surface area contributed by atoms with Gasteiger partial charge < -0.3 is 4.74 Å². The minimum Gasteiger partial charge on any atom is -0.375 e. The van der Waals surface area contributed by atoms with E-state index in [2.05, 4.69) is 21.2 Å². The van der Waals surface area contributed by atoms with Gasteiger partial charge in [-0.3, -0.25) is 0 Å². The number of nitrogens with zero attached hydrogens (tertiary/aromatic N) is 2. The highest BCUT2D eigenvalue weighted by molar-refractivity contribution is 4.90. The van der Waals surface area contributed by atoms with Gasteiger partial charge in [-0.25, -0.2) is 4.98 Å². The third-order valence-electron chi connectivity index (χ3n) is 2.22. The quantitative estimate of drug-likeness (QED) is 0.705. The fourth-order valence-corrected chi connectivity index (χ4v) is 1.44. The molecule has 0 radical (unpaired) electrons. The zero-order valence-electron chi connectivity index (χ0n) is 8.29. The molecule has 1 atom stereocenters. The van der Waals surface area contributed by atoms with Crippen molar-refractivity contribution in [3.63, 3.8) is 0 Å². The normalized spacial score (nSPS) is 22.4. The van der Waals surface area contributed by atoms with Crippen molar-refractivity contribution in [2.45, 2.75) is 25.9 Å². The van der Waals surface area contributed by atoms with Crippen LogP contribution in [0.1, 0.15) is 18.4 Å². The number of H-pyrrole nitrogens is 1. The van der Waals surface area contributed by atoms with Crippen molar-refractivity contribution in [3.05, 3.63) is 23.6 Å². The van der Waals surface area contributed by atoms with Crippen molar-refractivity contribution < 1.29 is 9.72 Å². The summed E-state index contributed by atoms with van der Waals surface area (Å²) in [6.07, 6.45) is 7.25. The van der Waals surface area contributed by atoms with E-state index in [4.69, 9.17) is 4.74 Å². The second-order valence-electron chi connectivity index (χ2n) is 3.49. The van der Waals surface area contributed by atoms with E-state index in [9.17, 15) is 0 Å². The first kappa shape index (κ1) is 9.22. The van der Waals surface area contributed by atoms with Gasteiger partial charge >= 0.3 is 5.62 Å². The molecule has 0 bridgehead atoms. The SMILES string of the molecule is Cc1c#[n+]c(=NCC2CCCO2)[nH]c1. The van der Waals surface area contributed by atoms with Crippen molar-refractivity contribution in [2.75, 3.05) is 13.2 Å². The summed E-state index contributed by atoms with van der Waals surface area (Å²) in [5.41, 5.74) is 1.62. The van der Waals surface area contributed by atoms with Crippen molar-refractivity contribution in [3.8, 4) is 0 Å². The maximum atomic E-state index is 5.45. The van der Waals surface area contributed by atoms with Gasteiger partial charge in [0.15, 0.2) is 6.20 Å². The summed E-state index contributed by atoms with van der Waals surface area (Å²) in [6, 6.07) is 0. The molecular weight excluding hydrogens is 178 g/mol. The van der Waals surface area contributed by atoms with Gasteiger partial charge in [-0.15, -0.1) is 0 Å². The Kier molecular flexibility index (Phi) is 2.80. The maximum Gasteiger partial charge on any atom is 0.488 e. The average molecular weight is 192 g/mol. The summed E-state index contributed by atoms with van der Waals surface area (Å²) in [6.45, 7) is 3.51. The smallest absolute Gasteiger partial charge is 0.375 e. The van der Waals surface area contributed by atoms with Gasteiger partial charge in [-0.1, -0.05) is 4.99 Å². The van der Waals surface area contributed by atoms with Crippen LogP contribution < -0.4 is 10.6 Å². The molecule has 1 unspecified atom stereocenters. The fourth-order valence-electron chi connectivity index (χ4n) is 1.44. The van der Waals surface area contributed by atoms with Crippen LogP contribution in [0.5, 0.6) is 0 Å². The highest BCUT2D eigenvalue weighted by atomic mass is 16.5. The van der Waals surface area contributed by atoms with Gasteiger partial charge in [0.05, 0.1) is 17.9 Å². The van der Waals surface area contributed by atoms with Crippen LogP contribution in [-0.4, -0.2) is 24.2 Å². The van der Waals surface area contributed by atoms with Crippen LogP contribution in [0, 0.1) is 13.1 Å². The zero-order chi connectivity index (χ0) is 9.80. The summed E-state index contributed by atoms with van der Waals surface area (Å²) in [4.78, 5) is 11.3. The molecule has 4 heteroatoms. The molecule has 1 saturated heterocycles. The van der Waals surface area contributed by atoms with E-state index in [-0.39, 0.29) is 6.10 Å². The molecule has 74 valence electrons. The number of aryl methyl sites for hydroxylation is 1. The Labute approximate surface area is 83.1 Å². The van der Waals surface area contributed by atoms with Crippen LogP contribution in [0.2, 0.25) is 0 Å². The van der Waals surface area contributed by atoms with Gasteiger partial charge in [0.25, 0.3) is 0 Å². The highest BCUT2D eigenvalue weighted by Gasteiger charge is 2.16. The summed E-state index contributed by atoms with van der Waals surface area (Å²) in [5, 5.41) is 0. The molecule has 1 aliphatic heterocycles. The third-order valence-corrected chi connectivity index (χ3v) is 2.22. The van der Waals surface area contributed by atoms with E-state index >= 15 is 0 Å². The molecule has 0 aliphatic carbocycles. The minimum atomic E-state index is 0.284. The molecule has 4 nitrogen and oxygen atoms in total. The summed E-state index contributed by atoms with van der Waals surface area (Å²) < 4.78 is 5.45. The predicted octanol–water partition coefficient (Wildman–Crippen LogP) is -0.197. The third kappa shape index (κ3) is 2.33. The Balaban J connectivity index is 1.99. The van der Waals surface area contributed by atoms with E-state index in [1.54, 1.807) is 0 Å². The molecule has 1 fully saturated rings. The Morgan fingerprint density at radius 2 is 2.71 bits per heavy atom. The lowest BCUT2D eigenvalue weighted by atomic mass is 10.2. The van der Waals surface area contributed by atoms with Crippen LogP contribution in [0.4, 0.5) is 0 Å². The first-order valence-corrected chi connectivity index (χ1v) is 4.91. The molecule has 0 spiro atoms. The van der Waals surface area contributed by atoms with Crippen LogP contribution in [0.25, 0.3) is 0 Å². The van der Waals surface area contributed by atoms with E-state index in [1.807, 2.05) is 13.1 Å². The monoisotopic (exact) mass is 192 g/mol. The number of rotatable bonds is 2. The number of nitrogens with one attached hydrogen (secondary N) is 1. The lowest BCUT2D eigenvalue weighted by molar-refractivity contribution is -0.325. The maximum absolute atomic E-state index is 5.45. The Hall–Kier alpha value is -1.34. The van der Waals surface area contributed by atoms with Crippen LogP contribution >= 0.6 is 0 Å². The van der Waals surface area contributed by atoms with Gasteiger partial charge in [0.1, 0.15) is 6.54 Å². The summed E-state index contributed by atoms with van der Waals surface area (Å²) in [7, 11) is 0. The fraction of sp³-hybridized carbons (Fsp3) is 0.600. The molecule has 1 aromatic heterocycles. The van der Waals surface area contributed by atoms with Crippen LogP contribution in [-0.2, 0) is 4.74 Å². The first-order chi connectivity index (χ1) is 6.84. The summed E-state index contributed by atoms with van der Waals surface area (Å²) >= 11 is 0. The predicted molar refractivity (Wildman–Crippen MR) is 49.4 cm³/mol. The van der Waals surface area contributed by atoms with Gasteiger partial charge in [0.2, 0.25) is 0 Å². The van der Waals surface area contributed by atoms with Gasteiger partial charge in [-0.2, -0.15) is 4.98 Å². The first-order valence-electron chi connectivity index (χ1n) is 4.91. The lowest BCUT2D eigenvalue weighted by Gasteiger charge is -1.99. The van der Waals surface area contributed by atoms with Crippen molar-refractivity contribution >= 4 is 0 Å². The molecule has 1 aliphatic rings.